The van der Waals surface area contributed by atoms with Crippen LogP contribution in [0.2, 0.25) is 0 Å². The van der Waals surface area contributed by atoms with E-state index in [9.17, 15) is 0 Å². The van der Waals surface area contributed by atoms with E-state index in [1.807, 2.05) is 6.07 Å². The van der Waals surface area contributed by atoms with Crippen molar-refractivity contribution in [3.63, 3.8) is 0 Å². The molecule has 0 saturated carbocycles. The van der Waals surface area contributed by atoms with E-state index in [0.717, 1.165) is 0 Å². The molecule has 0 spiro atoms. The van der Waals surface area contributed by atoms with Gasteiger partial charge < -0.3 is 0 Å². The Kier molecular flexibility index (Phi) is 4.99. The van der Waals surface area contributed by atoms with Crippen molar-refractivity contribution in [1.29, 1.82) is 0 Å². The fraction of sp³-hybridized carbons (Fsp3) is 0.143. The molecule has 0 amide bonds. The van der Waals surface area contributed by atoms with Crippen LogP contribution in [0.3, 0.4) is 0 Å². The molecule has 0 aliphatic rings. The summed E-state index contributed by atoms with van der Waals surface area (Å²) in [6.45, 7) is 0. The molecule has 0 saturated heterocycles. The van der Waals surface area contributed by atoms with Gasteiger partial charge in [0.2, 0.25) is 0 Å². The average molecular weight is 314 g/mol. The van der Waals surface area contributed by atoms with E-state index < -0.39 is 0 Å². The van der Waals surface area contributed by atoms with Crippen molar-refractivity contribution in [3.8, 4) is 0 Å². The lowest BCUT2D eigenvalue weighted by Gasteiger charge is -2.07. The highest BCUT2D eigenvalue weighted by Gasteiger charge is 2.08. The van der Waals surface area contributed by atoms with E-state index in [1.165, 1.54) is 5.56 Å². The summed E-state index contributed by atoms with van der Waals surface area (Å²) in [6.07, 6.45) is 0. The Morgan fingerprint density at radius 1 is 1.00 bits per heavy atom. The van der Waals surface area contributed by atoms with Crippen LogP contribution in [0, 0.1) is 0 Å². The second-order valence-corrected chi connectivity index (χ2v) is 5.76. The van der Waals surface area contributed by atoms with Gasteiger partial charge >= 0.3 is 0 Å². The van der Waals surface area contributed by atoms with Crippen LogP contribution in [0.25, 0.3) is 0 Å². The fourth-order valence-corrected chi connectivity index (χ4v) is 5.87. The molecule has 0 unspecified atom stereocenters. The quantitative estimate of drug-likeness (QED) is 0.737. The van der Waals surface area contributed by atoms with Crippen molar-refractivity contribution < 1.29 is 0 Å². The van der Waals surface area contributed by atoms with Crippen molar-refractivity contribution >= 4 is 50.0 Å². The number of hydrogen-bond donors (Lipinski definition) is 0. The third kappa shape index (κ3) is 3.01. The van der Waals surface area contributed by atoms with Crippen molar-refractivity contribution in [2.75, 3.05) is 0 Å². The van der Waals surface area contributed by atoms with Crippen molar-refractivity contribution in [2.24, 2.45) is 0 Å². The highest BCUT2D eigenvalue weighted by Crippen LogP contribution is 2.45. The van der Waals surface area contributed by atoms with Gasteiger partial charge in [-0.25, -0.2) is 0 Å². The maximum Gasteiger partial charge on any atom is 0.0969 e. The Labute approximate surface area is 89.9 Å². The van der Waals surface area contributed by atoms with E-state index in [1.54, 1.807) is 20.4 Å². The molecule has 0 aromatic heterocycles. The zero-order chi connectivity index (χ0) is 8.10. The molecule has 0 fully saturated rings. The summed E-state index contributed by atoms with van der Waals surface area (Å²) in [5.41, 5.74) is 1.32. The molecule has 0 atom stereocenters. The van der Waals surface area contributed by atoms with E-state index in [0.29, 0.717) is 4.58 Å². The Morgan fingerprint density at radius 2 is 1.55 bits per heavy atom. The molecule has 1 rings (SSSR count). The summed E-state index contributed by atoms with van der Waals surface area (Å²) >= 11 is 6.76. The largest absolute Gasteiger partial charge is 0.0969 e. The minimum absolute atomic E-state index is 0.427. The molecule has 0 aliphatic heterocycles. The molecule has 0 N–H and O–H groups in total. The van der Waals surface area contributed by atoms with Crippen molar-refractivity contribution in [2.45, 2.75) is 4.58 Å². The molecule has 0 radical (unpaired) electrons. The van der Waals surface area contributed by atoms with Crippen LogP contribution in [0.15, 0.2) is 30.3 Å². The predicted molar refractivity (Wildman–Crippen MR) is 62.2 cm³/mol. The molecule has 0 bridgehead atoms. The van der Waals surface area contributed by atoms with E-state index in [-0.39, 0.29) is 0 Å². The average Bonchev–Trinajstić information content (AvgIpc) is 2.09. The molecular formula is C7H6Br2S2. The molecule has 0 heterocycles. The lowest BCUT2D eigenvalue weighted by atomic mass is 10.2. The maximum absolute atomic E-state index is 3.38. The van der Waals surface area contributed by atoms with Gasteiger partial charge in [0, 0.05) is 0 Å². The highest BCUT2D eigenvalue weighted by atomic mass is 79.9. The van der Waals surface area contributed by atoms with Crippen LogP contribution in [-0.2, 0) is 0 Å². The fourth-order valence-electron chi connectivity index (χ4n) is 0.727. The molecule has 0 nitrogen and oxygen atoms in total. The summed E-state index contributed by atoms with van der Waals surface area (Å²) < 4.78 is 0.427. The monoisotopic (exact) mass is 312 g/mol. The first-order chi connectivity index (χ1) is 5.38. The summed E-state index contributed by atoms with van der Waals surface area (Å²) in [5, 5.41) is 0. The minimum atomic E-state index is 0.427. The topological polar surface area (TPSA) is 0 Å². The first-order valence-electron chi connectivity index (χ1n) is 2.98. The maximum atomic E-state index is 3.38. The van der Waals surface area contributed by atoms with Crippen LogP contribution in [0.1, 0.15) is 10.1 Å². The molecule has 0 aliphatic carbocycles. The molecule has 4 heteroatoms. The van der Waals surface area contributed by atoms with Crippen LogP contribution in [0.4, 0.5) is 0 Å². The summed E-state index contributed by atoms with van der Waals surface area (Å²) in [4.78, 5) is 0. The Hall–Kier alpha value is 0.880. The van der Waals surface area contributed by atoms with Gasteiger partial charge in [0.05, 0.1) is 4.58 Å². The summed E-state index contributed by atoms with van der Waals surface area (Å²) in [6, 6.07) is 10.4. The van der Waals surface area contributed by atoms with Gasteiger partial charge in [-0.05, 0) is 35.2 Å². The smallest absolute Gasteiger partial charge is 0.0633 e. The number of halogens is 2. The lowest BCUT2D eigenvalue weighted by Crippen LogP contribution is -1.81. The second kappa shape index (κ2) is 5.51. The second-order valence-electron chi connectivity index (χ2n) is 1.92. The Balaban J connectivity index is 2.74. The zero-order valence-corrected chi connectivity index (χ0v) is 10.3. The number of hydrogen-bond acceptors (Lipinski definition) is 2. The van der Waals surface area contributed by atoms with Gasteiger partial charge in [0.15, 0.2) is 0 Å². The van der Waals surface area contributed by atoms with Gasteiger partial charge in [-0.3, -0.25) is 0 Å². The van der Waals surface area contributed by atoms with Crippen molar-refractivity contribution in [1.82, 2.24) is 0 Å². The van der Waals surface area contributed by atoms with Crippen LogP contribution in [0.5, 0.6) is 0 Å². The van der Waals surface area contributed by atoms with Crippen LogP contribution in [-0.4, -0.2) is 0 Å². The normalized spacial score (nSPS) is 10.5. The molecule has 1 aromatic rings. The van der Waals surface area contributed by atoms with Crippen LogP contribution < -0.4 is 0 Å². The van der Waals surface area contributed by atoms with Gasteiger partial charge in [-0.2, -0.15) is 0 Å². The third-order valence-electron chi connectivity index (χ3n) is 1.23. The number of benzene rings is 1. The van der Waals surface area contributed by atoms with Gasteiger partial charge in [-0.15, -0.1) is 0 Å². The highest BCUT2D eigenvalue weighted by molar-refractivity contribution is 9.54. The van der Waals surface area contributed by atoms with Crippen LogP contribution >= 0.6 is 50.0 Å². The first-order valence-corrected chi connectivity index (χ1v) is 8.42. The summed E-state index contributed by atoms with van der Waals surface area (Å²) in [5.74, 6) is 0. The number of rotatable bonds is 3. The van der Waals surface area contributed by atoms with E-state index in [4.69, 9.17) is 0 Å². The molecule has 1 aromatic carbocycles. The molecule has 11 heavy (non-hydrogen) atoms. The Morgan fingerprint density at radius 3 is 2.00 bits per heavy atom. The zero-order valence-electron chi connectivity index (χ0n) is 5.54. The molecule has 60 valence electrons. The van der Waals surface area contributed by atoms with Gasteiger partial charge in [0.1, 0.15) is 0 Å². The molecular weight excluding hydrogens is 308 g/mol. The predicted octanol–water partition coefficient (Wildman–Crippen LogP) is 4.77. The minimum Gasteiger partial charge on any atom is -0.0633 e. The lowest BCUT2D eigenvalue weighted by molar-refractivity contribution is 1.40. The van der Waals surface area contributed by atoms with Gasteiger partial charge in [-0.1, -0.05) is 50.7 Å². The third-order valence-corrected chi connectivity index (χ3v) is 6.41. The van der Waals surface area contributed by atoms with Gasteiger partial charge in [0.25, 0.3) is 0 Å². The Bertz CT molecular complexity index is 199. The summed E-state index contributed by atoms with van der Waals surface area (Å²) in [7, 11) is 3.30. The van der Waals surface area contributed by atoms with E-state index in [2.05, 4.69) is 53.9 Å². The standard InChI is InChI=1S/C7H6Br2S2/c8-10-7(11-9)6-4-2-1-3-5-6/h1-5,7H. The SMILES string of the molecule is BrSC(SBr)c1ccccc1. The van der Waals surface area contributed by atoms with Crippen molar-refractivity contribution in [3.05, 3.63) is 35.9 Å². The van der Waals surface area contributed by atoms with E-state index >= 15 is 0 Å². The first kappa shape index (κ1) is 9.96.